The molecule has 2 heterocycles. The predicted molar refractivity (Wildman–Crippen MR) is 119 cm³/mol. The summed E-state index contributed by atoms with van der Waals surface area (Å²) in [6.07, 6.45) is 6.45. The van der Waals surface area contributed by atoms with Crippen molar-refractivity contribution in [2.45, 2.75) is 84.7 Å². The number of hydrogen-bond donors (Lipinski definition) is 1. The van der Waals surface area contributed by atoms with Gasteiger partial charge in [-0.25, -0.2) is 0 Å². The number of nitrogens with zero attached hydrogens (tertiary/aromatic N) is 1. The Balaban J connectivity index is 2.09. The van der Waals surface area contributed by atoms with Gasteiger partial charge in [-0.1, -0.05) is 27.7 Å². The van der Waals surface area contributed by atoms with Crippen LogP contribution in [0, 0.1) is 10.8 Å². The first kappa shape index (κ1) is 22.7. The molecule has 2 atom stereocenters. The molecule has 154 valence electrons. The molecule has 2 aliphatic heterocycles. The van der Waals surface area contributed by atoms with Crippen LogP contribution in [0.3, 0.4) is 0 Å². The second-order valence-electron chi connectivity index (χ2n) is 10.1. The van der Waals surface area contributed by atoms with Gasteiger partial charge in [0.2, 0.25) is 0 Å². The number of allylic oxidation sites excluding steroid dienone is 1. The van der Waals surface area contributed by atoms with Crippen molar-refractivity contribution in [3.8, 4) is 0 Å². The average molecular weight is 413 g/mol. The van der Waals surface area contributed by atoms with Crippen molar-refractivity contribution >= 4 is 34.5 Å². The van der Waals surface area contributed by atoms with Crippen LogP contribution in [0.15, 0.2) is 16.8 Å². The number of aliphatic imine (C=N–C) groups is 1. The summed E-state index contributed by atoms with van der Waals surface area (Å²) in [6, 6.07) is 0. The molecule has 0 aromatic carbocycles. The van der Waals surface area contributed by atoms with Crippen molar-refractivity contribution in [1.29, 1.82) is 0 Å². The normalized spacial score (nSPS) is 30.9. The van der Waals surface area contributed by atoms with Crippen LogP contribution in [0.1, 0.15) is 68.2 Å². The first-order chi connectivity index (χ1) is 12.2. The summed E-state index contributed by atoms with van der Waals surface area (Å²) in [4.78, 5) is 17.1. The van der Waals surface area contributed by atoms with Crippen LogP contribution in [0.2, 0.25) is 0 Å². The van der Waals surface area contributed by atoms with Gasteiger partial charge in [0.1, 0.15) is 5.60 Å². The van der Waals surface area contributed by atoms with Crippen LogP contribution in [-0.2, 0) is 9.53 Å². The van der Waals surface area contributed by atoms with Gasteiger partial charge in [-0.3, -0.25) is 9.79 Å². The summed E-state index contributed by atoms with van der Waals surface area (Å²) < 4.78 is 5.43. The third kappa shape index (κ3) is 5.47. The minimum absolute atomic E-state index is 0.0440. The van der Waals surface area contributed by atoms with E-state index in [0.717, 1.165) is 12.8 Å². The third-order valence-corrected chi connectivity index (χ3v) is 7.34. The monoisotopic (exact) mass is 412 g/mol. The fourth-order valence-corrected chi connectivity index (χ4v) is 5.43. The molecule has 6 heteroatoms. The number of esters is 1. The van der Waals surface area contributed by atoms with Gasteiger partial charge in [-0.15, -0.1) is 23.5 Å². The quantitative estimate of drug-likeness (QED) is 0.640. The molecule has 2 unspecified atom stereocenters. The van der Waals surface area contributed by atoms with Gasteiger partial charge in [-0.2, -0.15) is 0 Å². The number of thioether (sulfide) groups is 2. The van der Waals surface area contributed by atoms with E-state index in [1.165, 1.54) is 10.7 Å². The van der Waals surface area contributed by atoms with Crippen LogP contribution in [-0.4, -0.2) is 39.5 Å². The van der Waals surface area contributed by atoms with Gasteiger partial charge in [0, 0.05) is 17.5 Å². The Morgan fingerprint density at radius 1 is 1.30 bits per heavy atom. The van der Waals surface area contributed by atoms with Crippen LogP contribution in [0.5, 0.6) is 0 Å². The summed E-state index contributed by atoms with van der Waals surface area (Å²) in [7, 11) is 0. The van der Waals surface area contributed by atoms with Crippen LogP contribution < -0.4 is 5.32 Å². The van der Waals surface area contributed by atoms with E-state index in [9.17, 15) is 4.79 Å². The highest BCUT2D eigenvalue weighted by atomic mass is 32.2. The van der Waals surface area contributed by atoms with E-state index in [0.29, 0.717) is 5.75 Å². The molecule has 0 radical (unpaired) electrons. The molecule has 1 saturated heterocycles. The summed E-state index contributed by atoms with van der Waals surface area (Å²) in [5.74, 6) is 0.221. The summed E-state index contributed by atoms with van der Waals surface area (Å²) in [5.41, 5.74) is 0.738. The molecule has 0 amide bonds. The zero-order chi connectivity index (χ0) is 20.7. The van der Waals surface area contributed by atoms with E-state index >= 15 is 0 Å². The van der Waals surface area contributed by atoms with Crippen molar-refractivity contribution in [2.24, 2.45) is 15.8 Å². The SMILES string of the molecule is CSC1=NC(C)(C=C2NC(SCC(=O)OC(C)(C)C)CC2(C)C)C(C)(C)C1. The number of rotatable bonds is 4. The van der Waals surface area contributed by atoms with Crippen molar-refractivity contribution in [1.82, 2.24) is 5.32 Å². The summed E-state index contributed by atoms with van der Waals surface area (Å²) in [5, 5.41) is 5.11. The van der Waals surface area contributed by atoms with E-state index in [-0.39, 0.29) is 27.7 Å². The molecule has 0 aliphatic carbocycles. The first-order valence-corrected chi connectivity index (χ1v) is 11.9. The number of carbonyl (C=O) groups excluding carboxylic acids is 1. The minimum atomic E-state index is -0.430. The van der Waals surface area contributed by atoms with Gasteiger partial charge < -0.3 is 10.1 Å². The Labute approximate surface area is 173 Å². The molecule has 0 aromatic heterocycles. The van der Waals surface area contributed by atoms with Gasteiger partial charge >= 0.3 is 5.97 Å². The second kappa shape index (κ2) is 7.66. The first-order valence-electron chi connectivity index (χ1n) is 9.63. The van der Waals surface area contributed by atoms with E-state index in [2.05, 4.69) is 52.3 Å². The van der Waals surface area contributed by atoms with Crippen LogP contribution >= 0.6 is 23.5 Å². The van der Waals surface area contributed by atoms with E-state index in [1.54, 1.807) is 23.5 Å². The molecule has 0 bridgehead atoms. The molecule has 1 N–H and O–H groups in total. The van der Waals surface area contributed by atoms with Gasteiger partial charge in [0.25, 0.3) is 0 Å². The molecule has 27 heavy (non-hydrogen) atoms. The molecule has 0 aromatic rings. The standard InChI is InChI=1S/C21H36N2O2S2/c1-18(2,3)25-17(24)13-27-15-11-19(4,5)14(22-15)10-21(8)20(6,7)12-16(23-21)26-9/h10,15,22H,11-13H2,1-9H3. The van der Waals surface area contributed by atoms with Crippen molar-refractivity contribution in [3.63, 3.8) is 0 Å². The largest absolute Gasteiger partial charge is 0.459 e. The van der Waals surface area contributed by atoms with Crippen molar-refractivity contribution in [3.05, 3.63) is 11.8 Å². The highest BCUT2D eigenvalue weighted by Gasteiger charge is 2.47. The Kier molecular flexibility index (Phi) is 6.43. The number of hydrogen-bond acceptors (Lipinski definition) is 6. The Bertz CT molecular complexity index is 647. The lowest BCUT2D eigenvalue weighted by Gasteiger charge is -2.35. The van der Waals surface area contributed by atoms with E-state index in [1.807, 2.05) is 20.8 Å². The lowest BCUT2D eigenvalue weighted by molar-refractivity contribution is -0.151. The zero-order valence-corrected chi connectivity index (χ0v) is 20.0. The van der Waals surface area contributed by atoms with Gasteiger partial charge in [0.15, 0.2) is 0 Å². The maximum Gasteiger partial charge on any atom is 0.316 e. The van der Waals surface area contributed by atoms with E-state index in [4.69, 9.17) is 9.73 Å². The Morgan fingerprint density at radius 3 is 2.44 bits per heavy atom. The maximum absolute atomic E-state index is 12.0. The number of nitrogens with one attached hydrogen (secondary N) is 1. The van der Waals surface area contributed by atoms with Crippen LogP contribution in [0.4, 0.5) is 0 Å². The van der Waals surface area contributed by atoms with Crippen molar-refractivity contribution in [2.75, 3.05) is 12.0 Å². The second-order valence-corrected chi connectivity index (χ2v) is 12.2. The smallest absolute Gasteiger partial charge is 0.316 e. The zero-order valence-electron chi connectivity index (χ0n) is 18.4. The molecular formula is C21H36N2O2S2. The lowest BCUT2D eigenvalue weighted by atomic mass is 9.72. The molecule has 1 fully saturated rings. The fraction of sp³-hybridized carbons (Fsp3) is 0.810. The topological polar surface area (TPSA) is 50.7 Å². The lowest BCUT2D eigenvalue weighted by Crippen LogP contribution is -2.36. The molecule has 4 nitrogen and oxygen atoms in total. The van der Waals surface area contributed by atoms with Crippen LogP contribution in [0.25, 0.3) is 0 Å². The highest BCUT2D eigenvalue weighted by molar-refractivity contribution is 8.13. The predicted octanol–water partition coefficient (Wildman–Crippen LogP) is 5.24. The third-order valence-electron chi connectivity index (χ3n) is 5.55. The Hall–Kier alpha value is -0.620. The fourth-order valence-electron chi connectivity index (χ4n) is 3.50. The van der Waals surface area contributed by atoms with Gasteiger partial charge in [-0.05, 0) is 51.9 Å². The molecule has 0 saturated carbocycles. The highest BCUT2D eigenvalue weighted by Crippen LogP contribution is 2.49. The number of carbonyl (C=O) groups is 1. The molecule has 2 aliphatic rings. The van der Waals surface area contributed by atoms with Crippen molar-refractivity contribution < 1.29 is 9.53 Å². The average Bonchev–Trinajstić information content (AvgIpc) is 2.88. The molecule has 0 spiro atoms. The van der Waals surface area contributed by atoms with E-state index < -0.39 is 5.60 Å². The Morgan fingerprint density at radius 2 is 1.93 bits per heavy atom. The maximum atomic E-state index is 12.0. The minimum Gasteiger partial charge on any atom is -0.459 e. The van der Waals surface area contributed by atoms with Gasteiger partial charge in [0.05, 0.1) is 21.7 Å². The molecular weight excluding hydrogens is 376 g/mol. The molecule has 2 rings (SSSR count). The number of ether oxygens (including phenoxy) is 1. The summed E-state index contributed by atoms with van der Waals surface area (Å²) in [6.45, 7) is 17.1. The summed E-state index contributed by atoms with van der Waals surface area (Å²) >= 11 is 3.39.